The number of hydrogen-bond acceptors (Lipinski definition) is 5. The summed E-state index contributed by atoms with van der Waals surface area (Å²) in [5.74, 6) is -0.894. The van der Waals surface area contributed by atoms with Crippen molar-refractivity contribution in [1.82, 2.24) is 15.1 Å². The van der Waals surface area contributed by atoms with E-state index < -0.39 is 11.4 Å². The number of ether oxygens (including phenoxy) is 1. The molecule has 3 fully saturated rings. The van der Waals surface area contributed by atoms with Crippen LogP contribution in [0, 0.1) is 5.82 Å². The Hall–Kier alpha value is -4.02. The summed E-state index contributed by atoms with van der Waals surface area (Å²) in [7, 11) is 0. The van der Waals surface area contributed by atoms with Crippen molar-refractivity contribution >= 4 is 40.5 Å². The van der Waals surface area contributed by atoms with E-state index in [1.165, 1.54) is 6.07 Å². The lowest BCUT2D eigenvalue weighted by Crippen LogP contribution is -2.61. The van der Waals surface area contributed by atoms with E-state index in [0.29, 0.717) is 49.0 Å². The molecule has 2 saturated heterocycles. The molecule has 1 aliphatic carbocycles. The minimum Gasteiger partial charge on any atom is -0.378 e. The number of carbonyl (C=O) groups is 2. The van der Waals surface area contributed by atoms with Gasteiger partial charge in [0.15, 0.2) is 5.11 Å². The van der Waals surface area contributed by atoms with E-state index in [1.807, 2.05) is 59.5 Å². The molecule has 1 saturated carbocycles. The van der Waals surface area contributed by atoms with Gasteiger partial charge < -0.3 is 30.1 Å². The van der Waals surface area contributed by atoms with Crippen LogP contribution in [0.3, 0.4) is 0 Å². The molecule has 10 heteroatoms. The predicted octanol–water partition coefficient (Wildman–Crippen LogP) is 5.26. The summed E-state index contributed by atoms with van der Waals surface area (Å²) in [6.07, 6.45) is 3.57. The molecule has 6 rings (SSSR count). The van der Waals surface area contributed by atoms with Crippen molar-refractivity contribution in [3.8, 4) is 0 Å². The zero-order valence-corrected chi connectivity index (χ0v) is 26.2. The molecular weight excluding hydrogens is 589 g/mol. The van der Waals surface area contributed by atoms with Crippen molar-refractivity contribution in [3.63, 3.8) is 0 Å². The van der Waals surface area contributed by atoms with Gasteiger partial charge in [-0.3, -0.25) is 9.59 Å². The highest BCUT2D eigenvalue weighted by molar-refractivity contribution is 7.80. The first kappa shape index (κ1) is 31.0. The Labute approximate surface area is 269 Å². The van der Waals surface area contributed by atoms with Crippen LogP contribution in [-0.4, -0.2) is 71.7 Å². The minimum absolute atomic E-state index is 0.00705. The molecule has 236 valence electrons. The Balaban J connectivity index is 1.26. The topological polar surface area (TPSA) is 77.2 Å². The predicted molar refractivity (Wildman–Crippen MR) is 177 cm³/mol. The number of thiocarbonyl (C=S) groups is 1. The van der Waals surface area contributed by atoms with Gasteiger partial charge in [0.1, 0.15) is 11.4 Å². The summed E-state index contributed by atoms with van der Waals surface area (Å²) >= 11 is 5.65. The number of halogens is 1. The molecular formula is C35H40FN5O3S. The molecule has 2 aliphatic heterocycles. The Morgan fingerprint density at radius 2 is 1.64 bits per heavy atom. The van der Waals surface area contributed by atoms with Crippen LogP contribution in [0.1, 0.15) is 49.3 Å². The lowest BCUT2D eigenvalue weighted by Gasteiger charge is -2.45. The molecule has 0 unspecified atom stereocenters. The third-order valence-corrected chi connectivity index (χ3v) is 9.60. The smallest absolute Gasteiger partial charge is 0.250 e. The maximum absolute atomic E-state index is 15.1. The average molecular weight is 630 g/mol. The third-order valence-electron chi connectivity index (χ3n) is 9.22. The molecule has 3 aromatic rings. The summed E-state index contributed by atoms with van der Waals surface area (Å²) in [6, 6.07) is 24.2. The van der Waals surface area contributed by atoms with Gasteiger partial charge in [0.2, 0.25) is 11.8 Å². The van der Waals surface area contributed by atoms with Gasteiger partial charge in [0.25, 0.3) is 0 Å². The van der Waals surface area contributed by atoms with Gasteiger partial charge in [-0.2, -0.15) is 0 Å². The lowest BCUT2D eigenvalue weighted by atomic mass is 9.78. The van der Waals surface area contributed by atoms with E-state index in [9.17, 15) is 9.59 Å². The molecule has 2 N–H and O–H groups in total. The third kappa shape index (κ3) is 6.97. The van der Waals surface area contributed by atoms with Gasteiger partial charge in [-0.25, -0.2) is 4.39 Å². The summed E-state index contributed by atoms with van der Waals surface area (Å²) in [6.45, 7) is 3.54. The molecule has 0 aromatic heterocycles. The summed E-state index contributed by atoms with van der Waals surface area (Å²) in [5.41, 5.74) is 2.07. The fraction of sp³-hybridized carbons (Fsp3) is 0.400. The first-order chi connectivity index (χ1) is 21.9. The van der Waals surface area contributed by atoms with Crippen LogP contribution in [0.2, 0.25) is 0 Å². The second kappa shape index (κ2) is 14.0. The first-order valence-electron chi connectivity index (χ1n) is 15.8. The van der Waals surface area contributed by atoms with Crippen LogP contribution >= 0.6 is 12.2 Å². The van der Waals surface area contributed by atoms with E-state index in [0.717, 1.165) is 43.6 Å². The van der Waals surface area contributed by atoms with Gasteiger partial charge >= 0.3 is 0 Å². The molecule has 0 bridgehead atoms. The molecule has 0 spiro atoms. The zero-order chi connectivity index (χ0) is 31.2. The van der Waals surface area contributed by atoms with Gasteiger partial charge in [0, 0.05) is 43.1 Å². The van der Waals surface area contributed by atoms with Crippen molar-refractivity contribution in [2.45, 2.75) is 50.2 Å². The number of benzene rings is 3. The number of amides is 2. The minimum atomic E-state index is -1.13. The van der Waals surface area contributed by atoms with E-state index >= 15 is 4.39 Å². The number of anilines is 2. The van der Waals surface area contributed by atoms with Crippen LogP contribution in [0.5, 0.6) is 0 Å². The number of hydrogen-bond donors (Lipinski definition) is 2. The molecule has 45 heavy (non-hydrogen) atoms. The van der Waals surface area contributed by atoms with Crippen LogP contribution in [-0.2, 0) is 20.9 Å². The van der Waals surface area contributed by atoms with Gasteiger partial charge in [-0.15, -0.1) is 0 Å². The standard InChI is InChI=1S/C35H40FN5O3S/c36-30-12-6-5-11-27(30)23-41(32(42)25-40-24-31(38-34(40)45)26-9-3-1-4-10-26)35(17-7-2-8-18-35)33(43)37-28-13-15-29(16-14-28)39-19-21-44-22-20-39/h1,3-6,9-16,31H,2,7-8,17-25H2,(H,37,43)(H,38,45)/t31-/m0/s1. The molecule has 2 heterocycles. The summed E-state index contributed by atoms with van der Waals surface area (Å²) < 4.78 is 20.5. The van der Waals surface area contributed by atoms with E-state index in [4.69, 9.17) is 17.0 Å². The summed E-state index contributed by atoms with van der Waals surface area (Å²) in [5, 5.41) is 6.95. The van der Waals surface area contributed by atoms with Crippen LogP contribution in [0.25, 0.3) is 0 Å². The highest BCUT2D eigenvalue weighted by Crippen LogP contribution is 2.37. The lowest BCUT2D eigenvalue weighted by molar-refractivity contribution is -0.149. The number of nitrogens with zero attached hydrogens (tertiary/aromatic N) is 3. The second-order valence-electron chi connectivity index (χ2n) is 12.1. The van der Waals surface area contributed by atoms with E-state index in [-0.39, 0.29) is 30.9 Å². The van der Waals surface area contributed by atoms with Crippen molar-refractivity contribution in [1.29, 1.82) is 0 Å². The summed E-state index contributed by atoms with van der Waals surface area (Å²) in [4.78, 5) is 34.5. The highest BCUT2D eigenvalue weighted by atomic mass is 32.1. The molecule has 2 amide bonds. The molecule has 3 aliphatic rings. The number of morpholine rings is 1. The van der Waals surface area contributed by atoms with E-state index in [1.54, 1.807) is 23.1 Å². The average Bonchev–Trinajstić information content (AvgIpc) is 3.45. The quantitative estimate of drug-likeness (QED) is 0.313. The molecule has 3 aromatic carbocycles. The maximum Gasteiger partial charge on any atom is 0.250 e. The van der Waals surface area contributed by atoms with Gasteiger partial charge in [-0.05, 0) is 61.0 Å². The number of rotatable bonds is 9. The molecule has 8 nitrogen and oxygen atoms in total. The highest BCUT2D eigenvalue weighted by Gasteiger charge is 2.47. The van der Waals surface area contributed by atoms with E-state index in [2.05, 4.69) is 15.5 Å². The van der Waals surface area contributed by atoms with Crippen LogP contribution in [0.15, 0.2) is 78.9 Å². The Kier molecular flexibility index (Phi) is 9.61. The van der Waals surface area contributed by atoms with Crippen molar-refractivity contribution < 1.29 is 18.7 Å². The van der Waals surface area contributed by atoms with Crippen molar-refractivity contribution in [2.24, 2.45) is 0 Å². The largest absolute Gasteiger partial charge is 0.378 e. The first-order valence-corrected chi connectivity index (χ1v) is 16.2. The number of nitrogens with one attached hydrogen (secondary N) is 2. The molecule has 1 atom stereocenters. The Morgan fingerprint density at radius 1 is 0.956 bits per heavy atom. The SMILES string of the molecule is O=C(CN1C[C@@H](c2ccccc2)NC1=S)N(Cc1ccccc1F)C1(C(=O)Nc2ccc(N3CCOCC3)cc2)CCCCC1. The fourth-order valence-electron chi connectivity index (χ4n) is 6.70. The Morgan fingerprint density at radius 3 is 2.36 bits per heavy atom. The van der Waals surface area contributed by atoms with Crippen LogP contribution in [0.4, 0.5) is 15.8 Å². The maximum atomic E-state index is 15.1. The zero-order valence-electron chi connectivity index (χ0n) is 25.4. The normalized spacial score (nSPS) is 19.6. The van der Waals surface area contributed by atoms with Crippen molar-refractivity contribution in [2.75, 3.05) is 49.6 Å². The number of carbonyl (C=O) groups excluding carboxylic acids is 2. The Bertz CT molecular complexity index is 1490. The fourth-order valence-corrected chi connectivity index (χ4v) is 6.99. The molecule has 0 radical (unpaired) electrons. The monoisotopic (exact) mass is 629 g/mol. The van der Waals surface area contributed by atoms with Crippen molar-refractivity contribution in [3.05, 3.63) is 95.8 Å². The van der Waals surface area contributed by atoms with Gasteiger partial charge in [0.05, 0.1) is 25.8 Å². The second-order valence-corrected chi connectivity index (χ2v) is 12.4. The van der Waals surface area contributed by atoms with Gasteiger partial charge in [-0.1, -0.05) is 67.8 Å². The van der Waals surface area contributed by atoms with Crippen LogP contribution < -0.4 is 15.5 Å².